The third-order valence-corrected chi connectivity index (χ3v) is 2.13. The summed E-state index contributed by atoms with van der Waals surface area (Å²) >= 11 is 0. The van der Waals surface area contributed by atoms with Crippen LogP contribution in [0.3, 0.4) is 0 Å². The standard InChI is InChI=1S/C10H13NO.C3H8/c1-2-4-10(5-3-1)11-6-8-12-9-7-11;1-3-2/h1-5H,6-9H2;3H2,1-2H3. The van der Waals surface area contributed by atoms with Crippen molar-refractivity contribution in [3.63, 3.8) is 0 Å². The quantitative estimate of drug-likeness (QED) is 0.702. The normalized spacial score (nSPS) is 15.5. The molecule has 84 valence electrons. The molecule has 2 nitrogen and oxygen atoms in total. The maximum atomic E-state index is 5.28. The Labute approximate surface area is 92.9 Å². The monoisotopic (exact) mass is 207 g/mol. The first-order valence-electron chi connectivity index (χ1n) is 5.76. The molecule has 1 saturated heterocycles. The van der Waals surface area contributed by atoms with Gasteiger partial charge in [-0.15, -0.1) is 0 Å². The predicted molar refractivity (Wildman–Crippen MR) is 65.4 cm³/mol. The molecule has 1 aliphatic heterocycles. The maximum absolute atomic E-state index is 5.28. The largest absolute Gasteiger partial charge is 0.378 e. The zero-order valence-electron chi connectivity index (χ0n) is 9.78. The lowest BCUT2D eigenvalue weighted by atomic mass is 10.3. The van der Waals surface area contributed by atoms with Crippen LogP contribution < -0.4 is 4.90 Å². The molecule has 0 bridgehead atoms. The lowest BCUT2D eigenvalue weighted by Crippen LogP contribution is -2.36. The van der Waals surface area contributed by atoms with Crippen LogP contribution >= 0.6 is 0 Å². The van der Waals surface area contributed by atoms with Gasteiger partial charge in [-0.3, -0.25) is 0 Å². The van der Waals surface area contributed by atoms with E-state index < -0.39 is 0 Å². The van der Waals surface area contributed by atoms with E-state index in [2.05, 4.69) is 43.0 Å². The van der Waals surface area contributed by atoms with Gasteiger partial charge in [0.2, 0.25) is 0 Å². The molecular formula is C13H21NO. The predicted octanol–water partition coefficient (Wildman–Crippen LogP) is 2.94. The highest BCUT2D eigenvalue weighted by Crippen LogP contribution is 2.13. The SMILES string of the molecule is CCC.c1ccc(N2CCOCC2)cc1. The molecule has 0 amide bonds. The highest BCUT2D eigenvalue weighted by molar-refractivity contribution is 5.46. The lowest BCUT2D eigenvalue weighted by Gasteiger charge is -2.28. The van der Waals surface area contributed by atoms with Crippen molar-refractivity contribution in [2.45, 2.75) is 20.3 Å². The first kappa shape index (κ1) is 12.1. The molecule has 0 N–H and O–H groups in total. The number of benzene rings is 1. The van der Waals surface area contributed by atoms with E-state index >= 15 is 0 Å². The summed E-state index contributed by atoms with van der Waals surface area (Å²) in [4.78, 5) is 2.35. The third kappa shape index (κ3) is 4.34. The molecule has 0 atom stereocenters. The highest BCUT2D eigenvalue weighted by atomic mass is 16.5. The van der Waals surface area contributed by atoms with E-state index in [0.29, 0.717) is 0 Å². The molecule has 0 unspecified atom stereocenters. The fraction of sp³-hybridized carbons (Fsp3) is 0.538. The molecule has 1 heterocycles. The Balaban J connectivity index is 0.000000337. The van der Waals surface area contributed by atoms with Gasteiger partial charge in [0.15, 0.2) is 0 Å². The van der Waals surface area contributed by atoms with Crippen LogP contribution in [0.1, 0.15) is 20.3 Å². The highest BCUT2D eigenvalue weighted by Gasteiger charge is 2.09. The zero-order chi connectivity index (χ0) is 10.9. The van der Waals surface area contributed by atoms with Crippen LogP contribution in [-0.2, 0) is 4.74 Å². The van der Waals surface area contributed by atoms with Crippen molar-refractivity contribution in [2.24, 2.45) is 0 Å². The summed E-state index contributed by atoms with van der Waals surface area (Å²) in [6.45, 7) is 8.00. The molecule has 0 saturated carbocycles. The number of rotatable bonds is 1. The van der Waals surface area contributed by atoms with Gasteiger partial charge in [-0.1, -0.05) is 38.5 Å². The summed E-state index contributed by atoms with van der Waals surface area (Å²) in [6, 6.07) is 10.5. The van der Waals surface area contributed by atoms with Crippen molar-refractivity contribution >= 4 is 5.69 Å². The van der Waals surface area contributed by atoms with Crippen LogP contribution in [-0.4, -0.2) is 26.3 Å². The number of ether oxygens (including phenoxy) is 1. The van der Waals surface area contributed by atoms with Crippen LogP contribution in [0.2, 0.25) is 0 Å². The van der Waals surface area contributed by atoms with Gasteiger partial charge in [0.25, 0.3) is 0 Å². The van der Waals surface area contributed by atoms with Crippen molar-refractivity contribution in [1.29, 1.82) is 0 Å². The first-order valence-corrected chi connectivity index (χ1v) is 5.76. The van der Waals surface area contributed by atoms with Crippen molar-refractivity contribution < 1.29 is 4.74 Å². The molecule has 2 heteroatoms. The number of morpholine rings is 1. The van der Waals surface area contributed by atoms with Crippen LogP contribution in [0, 0.1) is 0 Å². The fourth-order valence-electron chi connectivity index (χ4n) is 1.46. The molecule has 1 aliphatic rings. The summed E-state index contributed by atoms with van der Waals surface area (Å²) in [5.74, 6) is 0. The van der Waals surface area contributed by atoms with E-state index in [4.69, 9.17) is 4.74 Å². The van der Waals surface area contributed by atoms with Crippen LogP contribution in [0.5, 0.6) is 0 Å². The zero-order valence-corrected chi connectivity index (χ0v) is 9.78. The maximum Gasteiger partial charge on any atom is 0.0642 e. The average Bonchev–Trinajstić information content (AvgIpc) is 2.32. The number of hydrogen-bond donors (Lipinski definition) is 0. The Kier molecular flexibility index (Phi) is 5.86. The summed E-state index contributed by atoms with van der Waals surface area (Å²) in [5.41, 5.74) is 1.31. The third-order valence-electron chi connectivity index (χ3n) is 2.13. The molecule has 1 aromatic carbocycles. The molecule has 0 radical (unpaired) electrons. The summed E-state index contributed by atoms with van der Waals surface area (Å²) < 4.78 is 5.28. The Morgan fingerprint density at radius 1 is 1.07 bits per heavy atom. The van der Waals surface area contributed by atoms with Gasteiger partial charge in [-0.05, 0) is 12.1 Å². The topological polar surface area (TPSA) is 12.5 Å². The second kappa shape index (κ2) is 7.30. The Bertz CT molecular complexity index is 242. The molecule has 0 aliphatic carbocycles. The first-order chi connectivity index (χ1) is 7.38. The smallest absolute Gasteiger partial charge is 0.0642 e. The van der Waals surface area contributed by atoms with E-state index in [9.17, 15) is 0 Å². The second-order valence-electron chi connectivity index (χ2n) is 3.64. The van der Waals surface area contributed by atoms with Gasteiger partial charge in [-0.2, -0.15) is 0 Å². The number of anilines is 1. The molecule has 1 fully saturated rings. The second-order valence-corrected chi connectivity index (χ2v) is 3.64. The number of nitrogens with zero attached hydrogens (tertiary/aromatic N) is 1. The molecule has 1 aromatic rings. The van der Waals surface area contributed by atoms with Crippen molar-refractivity contribution in [3.8, 4) is 0 Å². The molecule has 0 aromatic heterocycles. The van der Waals surface area contributed by atoms with Gasteiger partial charge in [0.1, 0.15) is 0 Å². The van der Waals surface area contributed by atoms with Crippen LogP contribution in [0.4, 0.5) is 5.69 Å². The van der Waals surface area contributed by atoms with E-state index in [1.165, 1.54) is 12.1 Å². The van der Waals surface area contributed by atoms with Gasteiger partial charge in [-0.25, -0.2) is 0 Å². The van der Waals surface area contributed by atoms with Crippen molar-refractivity contribution in [1.82, 2.24) is 0 Å². The van der Waals surface area contributed by atoms with Crippen LogP contribution in [0.25, 0.3) is 0 Å². The van der Waals surface area contributed by atoms with E-state index in [1.807, 2.05) is 6.07 Å². The summed E-state index contributed by atoms with van der Waals surface area (Å²) in [5, 5.41) is 0. The molecular weight excluding hydrogens is 186 g/mol. The van der Waals surface area contributed by atoms with Gasteiger partial charge in [0, 0.05) is 18.8 Å². The minimum atomic E-state index is 0.856. The van der Waals surface area contributed by atoms with Crippen molar-refractivity contribution in [3.05, 3.63) is 30.3 Å². The number of para-hydroxylation sites is 1. The van der Waals surface area contributed by atoms with E-state index in [-0.39, 0.29) is 0 Å². The minimum Gasteiger partial charge on any atom is -0.378 e. The number of hydrogen-bond acceptors (Lipinski definition) is 2. The lowest BCUT2D eigenvalue weighted by molar-refractivity contribution is 0.122. The van der Waals surface area contributed by atoms with Gasteiger partial charge < -0.3 is 9.64 Å². The fourth-order valence-corrected chi connectivity index (χ4v) is 1.46. The van der Waals surface area contributed by atoms with Gasteiger partial charge >= 0.3 is 0 Å². The van der Waals surface area contributed by atoms with Crippen molar-refractivity contribution in [2.75, 3.05) is 31.2 Å². The average molecular weight is 207 g/mol. The molecule has 0 spiro atoms. The molecule has 15 heavy (non-hydrogen) atoms. The summed E-state index contributed by atoms with van der Waals surface area (Å²) in [7, 11) is 0. The van der Waals surface area contributed by atoms with Gasteiger partial charge in [0.05, 0.1) is 13.2 Å². The summed E-state index contributed by atoms with van der Waals surface area (Å²) in [6.07, 6.45) is 1.25. The van der Waals surface area contributed by atoms with E-state index in [0.717, 1.165) is 26.3 Å². The Morgan fingerprint density at radius 3 is 2.13 bits per heavy atom. The Morgan fingerprint density at radius 2 is 1.60 bits per heavy atom. The van der Waals surface area contributed by atoms with Crippen LogP contribution in [0.15, 0.2) is 30.3 Å². The Hall–Kier alpha value is -1.02. The minimum absolute atomic E-state index is 0.856. The van der Waals surface area contributed by atoms with E-state index in [1.54, 1.807) is 0 Å². The molecule has 2 rings (SSSR count).